The maximum Gasteiger partial charge on any atom is 0.245 e. The fourth-order valence-corrected chi connectivity index (χ4v) is 5.92. The van der Waals surface area contributed by atoms with E-state index in [1.807, 2.05) is 18.2 Å². The highest BCUT2D eigenvalue weighted by molar-refractivity contribution is 7.89. The van der Waals surface area contributed by atoms with Gasteiger partial charge in [0.2, 0.25) is 10.0 Å². The van der Waals surface area contributed by atoms with Crippen LogP contribution < -0.4 is 4.90 Å². The minimum Gasteiger partial charge on any atom is -0.507 e. The van der Waals surface area contributed by atoms with Crippen LogP contribution in [0.5, 0.6) is 5.75 Å². The standard InChI is InChI=1S/C23H29N3O3S/c27-22-10-4-3-9-19(22)18-24-20-11-12-21(25-13-5-1-6-14-25)23(17-20)30(28,29)26-15-7-2-8-16-26/h3-4,9-12,17-18,27H,1-2,5-8,13-16H2. The molecule has 2 aliphatic rings. The number of anilines is 1. The van der Waals surface area contributed by atoms with Crippen molar-refractivity contribution in [3.63, 3.8) is 0 Å². The van der Waals surface area contributed by atoms with Gasteiger partial charge in [0.25, 0.3) is 0 Å². The van der Waals surface area contributed by atoms with Gasteiger partial charge in [0, 0.05) is 38.0 Å². The maximum absolute atomic E-state index is 13.5. The normalized spacial score (nSPS) is 18.7. The Labute approximate surface area is 178 Å². The first-order valence-electron chi connectivity index (χ1n) is 10.8. The Morgan fingerprint density at radius 2 is 1.53 bits per heavy atom. The predicted octanol–water partition coefficient (Wildman–Crippen LogP) is 4.31. The fourth-order valence-electron chi connectivity index (χ4n) is 4.17. The lowest BCUT2D eigenvalue weighted by molar-refractivity contribution is 0.346. The van der Waals surface area contributed by atoms with E-state index >= 15 is 0 Å². The minimum atomic E-state index is -3.59. The van der Waals surface area contributed by atoms with Gasteiger partial charge >= 0.3 is 0 Å². The molecule has 0 spiro atoms. The number of aliphatic imine (C=N–C) groups is 1. The molecule has 0 aromatic heterocycles. The highest BCUT2D eigenvalue weighted by Crippen LogP contribution is 2.34. The molecule has 0 radical (unpaired) electrons. The van der Waals surface area contributed by atoms with Gasteiger partial charge in [-0.15, -0.1) is 0 Å². The van der Waals surface area contributed by atoms with Crippen LogP contribution in [0.4, 0.5) is 11.4 Å². The van der Waals surface area contributed by atoms with Crippen LogP contribution in [0, 0.1) is 0 Å². The van der Waals surface area contributed by atoms with E-state index in [0.29, 0.717) is 29.2 Å². The highest BCUT2D eigenvalue weighted by Gasteiger charge is 2.30. The lowest BCUT2D eigenvalue weighted by Gasteiger charge is -2.32. The minimum absolute atomic E-state index is 0.146. The molecule has 30 heavy (non-hydrogen) atoms. The van der Waals surface area contributed by atoms with Crippen molar-refractivity contribution in [2.24, 2.45) is 4.99 Å². The largest absolute Gasteiger partial charge is 0.507 e. The Balaban J connectivity index is 1.72. The molecule has 160 valence electrons. The topological polar surface area (TPSA) is 73.2 Å². The molecule has 2 fully saturated rings. The molecule has 2 aromatic carbocycles. The number of rotatable bonds is 5. The van der Waals surface area contributed by atoms with E-state index in [0.717, 1.165) is 50.9 Å². The number of aromatic hydroxyl groups is 1. The number of para-hydroxylation sites is 1. The van der Waals surface area contributed by atoms with Gasteiger partial charge in [-0.1, -0.05) is 18.6 Å². The average molecular weight is 428 g/mol. The van der Waals surface area contributed by atoms with Crippen molar-refractivity contribution in [3.05, 3.63) is 48.0 Å². The summed E-state index contributed by atoms with van der Waals surface area (Å²) in [5, 5.41) is 9.96. The van der Waals surface area contributed by atoms with Crippen LogP contribution in [-0.4, -0.2) is 50.2 Å². The van der Waals surface area contributed by atoms with Crippen LogP contribution >= 0.6 is 0 Å². The Morgan fingerprint density at radius 3 is 2.23 bits per heavy atom. The SMILES string of the molecule is O=S(=O)(c1cc(N=Cc2ccccc2O)ccc1N1CCCCC1)N1CCCCC1. The zero-order chi connectivity index (χ0) is 21.0. The van der Waals surface area contributed by atoms with Crippen LogP contribution in [0.1, 0.15) is 44.1 Å². The van der Waals surface area contributed by atoms with E-state index in [-0.39, 0.29) is 5.75 Å². The molecule has 2 aliphatic heterocycles. The number of nitrogens with zero attached hydrogens (tertiary/aromatic N) is 3. The molecule has 1 N–H and O–H groups in total. The van der Waals surface area contributed by atoms with Crippen molar-refractivity contribution in [2.45, 2.75) is 43.4 Å². The summed E-state index contributed by atoms with van der Waals surface area (Å²) in [5.41, 5.74) is 1.94. The molecule has 2 saturated heterocycles. The van der Waals surface area contributed by atoms with Crippen LogP contribution in [0.15, 0.2) is 52.4 Å². The number of hydrogen-bond acceptors (Lipinski definition) is 5. The molecular formula is C23H29N3O3S. The van der Waals surface area contributed by atoms with E-state index < -0.39 is 10.0 Å². The number of hydrogen-bond donors (Lipinski definition) is 1. The molecule has 0 bridgehead atoms. The van der Waals surface area contributed by atoms with Crippen molar-refractivity contribution in [3.8, 4) is 5.75 Å². The van der Waals surface area contributed by atoms with E-state index in [1.54, 1.807) is 34.8 Å². The number of phenols is 1. The number of sulfonamides is 1. The second-order valence-electron chi connectivity index (χ2n) is 7.98. The molecule has 0 aliphatic carbocycles. The molecule has 0 unspecified atom stereocenters. The van der Waals surface area contributed by atoms with E-state index in [2.05, 4.69) is 9.89 Å². The third-order valence-corrected chi connectivity index (χ3v) is 7.79. The lowest BCUT2D eigenvalue weighted by Crippen LogP contribution is -2.37. The quantitative estimate of drug-likeness (QED) is 0.722. The first kappa shape index (κ1) is 20.9. The van der Waals surface area contributed by atoms with Gasteiger partial charge in [-0.2, -0.15) is 4.31 Å². The summed E-state index contributed by atoms with van der Waals surface area (Å²) in [6.45, 7) is 2.91. The summed E-state index contributed by atoms with van der Waals surface area (Å²) in [6.07, 6.45) is 7.81. The summed E-state index contributed by atoms with van der Waals surface area (Å²) in [7, 11) is -3.59. The Hall–Kier alpha value is -2.38. The van der Waals surface area contributed by atoms with Crippen molar-refractivity contribution in [1.82, 2.24) is 4.31 Å². The molecule has 0 atom stereocenters. The number of piperidine rings is 2. The van der Waals surface area contributed by atoms with E-state index in [1.165, 1.54) is 6.42 Å². The highest BCUT2D eigenvalue weighted by atomic mass is 32.2. The van der Waals surface area contributed by atoms with Crippen molar-refractivity contribution in [1.29, 1.82) is 0 Å². The summed E-state index contributed by atoms with van der Waals surface area (Å²) >= 11 is 0. The zero-order valence-corrected chi connectivity index (χ0v) is 18.0. The zero-order valence-electron chi connectivity index (χ0n) is 17.2. The lowest BCUT2D eigenvalue weighted by atomic mass is 10.1. The summed E-state index contributed by atoms with van der Waals surface area (Å²) < 4.78 is 28.7. The van der Waals surface area contributed by atoms with E-state index in [4.69, 9.17) is 0 Å². The molecule has 2 aromatic rings. The van der Waals surface area contributed by atoms with Crippen LogP contribution in [-0.2, 0) is 10.0 Å². The van der Waals surface area contributed by atoms with Crippen LogP contribution in [0.3, 0.4) is 0 Å². The van der Waals surface area contributed by atoms with Gasteiger partial charge in [0.1, 0.15) is 10.6 Å². The Bertz CT molecular complexity index is 1010. The molecule has 6 nitrogen and oxygen atoms in total. The summed E-state index contributed by atoms with van der Waals surface area (Å²) in [5.74, 6) is 0.146. The van der Waals surface area contributed by atoms with Crippen LogP contribution in [0.2, 0.25) is 0 Å². The average Bonchev–Trinajstić information content (AvgIpc) is 2.79. The molecule has 2 heterocycles. The van der Waals surface area contributed by atoms with Gasteiger partial charge in [0.15, 0.2) is 0 Å². The van der Waals surface area contributed by atoms with E-state index in [9.17, 15) is 13.5 Å². The predicted molar refractivity (Wildman–Crippen MR) is 120 cm³/mol. The molecule has 7 heteroatoms. The van der Waals surface area contributed by atoms with Crippen LogP contribution in [0.25, 0.3) is 0 Å². The third kappa shape index (κ3) is 4.52. The van der Waals surface area contributed by atoms with Crippen molar-refractivity contribution < 1.29 is 13.5 Å². The first-order valence-corrected chi connectivity index (χ1v) is 12.2. The van der Waals surface area contributed by atoms with Gasteiger partial charge in [-0.3, -0.25) is 4.99 Å². The molecular weight excluding hydrogens is 398 g/mol. The third-order valence-electron chi connectivity index (χ3n) is 5.86. The van der Waals surface area contributed by atoms with Gasteiger partial charge < -0.3 is 10.0 Å². The summed E-state index contributed by atoms with van der Waals surface area (Å²) in [4.78, 5) is 6.99. The van der Waals surface area contributed by atoms with Crippen molar-refractivity contribution in [2.75, 3.05) is 31.1 Å². The second-order valence-corrected chi connectivity index (χ2v) is 9.89. The number of phenolic OH excluding ortho intramolecular Hbond substituents is 1. The smallest absolute Gasteiger partial charge is 0.245 e. The second kappa shape index (κ2) is 9.18. The molecule has 0 saturated carbocycles. The number of benzene rings is 2. The Morgan fingerprint density at radius 1 is 0.867 bits per heavy atom. The fraction of sp³-hybridized carbons (Fsp3) is 0.435. The van der Waals surface area contributed by atoms with Gasteiger partial charge in [-0.25, -0.2) is 8.42 Å². The Kier molecular flexibility index (Phi) is 6.39. The molecule has 0 amide bonds. The maximum atomic E-state index is 13.5. The first-order chi connectivity index (χ1) is 14.6. The molecule has 4 rings (SSSR count). The van der Waals surface area contributed by atoms with Crippen molar-refractivity contribution >= 4 is 27.6 Å². The van der Waals surface area contributed by atoms with Gasteiger partial charge in [0.05, 0.1) is 11.4 Å². The summed E-state index contributed by atoms with van der Waals surface area (Å²) in [6, 6.07) is 12.4. The monoisotopic (exact) mass is 427 g/mol. The van der Waals surface area contributed by atoms with Gasteiger partial charge in [-0.05, 0) is 62.4 Å².